The predicted molar refractivity (Wildman–Crippen MR) is 103 cm³/mol. The molecule has 3 N–H and O–H groups in total. The molecule has 0 unspecified atom stereocenters. The Kier molecular flexibility index (Phi) is 5.61. The number of carbonyl (C=O) groups is 1. The lowest BCUT2D eigenvalue weighted by Gasteiger charge is -2.12. The fourth-order valence-electron chi connectivity index (χ4n) is 2.28. The number of carbonyl (C=O) groups excluding carboxylic acids is 1. The molecular formula is C17H14ClN7O3. The molecular weight excluding hydrogens is 386 g/mol. The van der Waals surface area contributed by atoms with Gasteiger partial charge < -0.3 is 5.32 Å². The molecule has 0 aliphatic rings. The highest BCUT2D eigenvalue weighted by Gasteiger charge is 2.24. The van der Waals surface area contributed by atoms with E-state index in [0.29, 0.717) is 16.3 Å². The van der Waals surface area contributed by atoms with Crippen molar-refractivity contribution < 1.29 is 9.72 Å². The molecule has 142 valence electrons. The largest absolute Gasteiger partial charge is 0.355 e. The van der Waals surface area contributed by atoms with Gasteiger partial charge >= 0.3 is 5.69 Å². The van der Waals surface area contributed by atoms with Gasteiger partial charge in [-0.3, -0.25) is 30.7 Å². The van der Waals surface area contributed by atoms with Crippen LogP contribution in [0.3, 0.4) is 0 Å². The summed E-state index contributed by atoms with van der Waals surface area (Å²) in [5.41, 5.74) is 5.73. The first-order valence-electron chi connectivity index (χ1n) is 7.96. The number of nitrogens with one attached hydrogen (secondary N) is 3. The van der Waals surface area contributed by atoms with Gasteiger partial charge in [-0.25, -0.2) is 9.97 Å². The molecule has 10 nitrogen and oxygen atoms in total. The predicted octanol–water partition coefficient (Wildman–Crippen LogP) is 3.24. The maximum atomic E-state index is 12.1. The van der Waals surface area contributed by atoms with E-state index in [9.17, 15) is 14.9 Å². The Balaban J connectivity index is 1.86. The Morgan fingerprint density at radius 3 is 2.61 bits per heavy atom. The Morgan fingerprint density at radius 1 is 1.11 bits per heavy atom. The molecule has 0 bridgehead atoms. The van der Waals surface area contributed by atoms with E-state index in [1.54, 1.807) is 37.3 Å². The van der Waals surface area contributed by atoms with Crippen molar-refractivity contribution in [3.05, 3.63) is 75.3 Å². The summed E-state index contributed by atoms with van der Waals surface area (Å²) >= 11 is 6.08. The quantitative estimate of drug-likeness (QED) is 0.424. The van der Waals surface area contributed by atoms with Gasteiger partial charge in [-0.1, -0.05) is 23.7 Å². The van der Waals surface area contributed by atoms with Gasteiger partial charge in [0.15, 0.2) is 0 Å². The number of benzene rings is 1. The third kappa shape index (κ3) is 4.13. The van der Waals surface area contributed by atoms with Crippen LogP contribution in [0, 0.1) is 17.0 Å². The van der Waals surface area contributed by atoms with Gasteiger partial charge in [0.2, 0.25) is 11.6 Å². The summed E-state index contributed by atoms with van der Waals surface area (Å²) in [7, 11) is 0. The molecule has 0 spiro atoms. The number of hydrogen-bond acceptors (Lipinski definition) is 8. The number of rotatable bonds is 6. The zero-order chi connectivity index (χ0) is 20.1. The SMILES string of the molecule is Cc1c(Cl)cccc1Nc1ncnc(NNC(=O)c2ccccn2)c1[N+](=O)[O-]. The van der Waals surface area contributed by atoms with Gasteiger partial charge in [-0.05, 0) is 36.8 Å². The third-order valence-corrected chi connectivity index (χ3v) is 4.13. The van der Waals surface area contributed by atoms with Gasteiger partial charge in [-0.15, -0.1) is 0 Å². The number of halogens is 1. The Hall–Kier alpha value is -3.79. The van der Waals surface area contributed by atoms with Crippen LogP contribution in [0.4, 0.5) is 23.0 Å². The molecule has 3 aromatic rings. The summed E-state index contributed by atoms with van der Waals surface area (Å²) in [5.74, 6) is -0.819. The summed E-state index contributed by atoms with van der Waals surface area (Å²) in [5, 5.41) is 15.0. The molecule has 1 aromatic carbocycles. The normalized spacial score (nSPS) is 10.2. The average Bonchev–Trinajstić information content (AvgIpc) is 2.70. The van der Waals surface area contributed by atoms with Crippen molar-refractivity contribution in [1.29, 1.82) is 0 Å². The number of amides is 1. The Morgan fingerprint density at radius 2 is 1.89 bits per heavy atom. The van der Waals surface area contributed by atoms with Crippen LogP contribution in [0.25, 0.3) is 0 Å². The van der Waals surface area contributed by atoms with Crippen LogP contribution in [0.5, 0.6) is 0 Å². The number of hydrazine groups is 1. The maximum Gasteiger partial charge on any atom is 0.355 e. The van der Waals surface area contributed by atoms with Crippen LogP contribution in [0.2, 0.25) is 5.02 Å². The highest BCUT2D eigenvalue weighted by Crippen LogP contribution is 2.33. The average molecular weight is 400 g/mol. The number of nitro groups is 1. The minimum Gasteiger partial charge on any atom is -0.334 e. The minimum atomic E-state index is -0.655. The van der Waals surface area contributed by atoms with Crippen molar-refractivity contribution in [1.82, 2.24) is 20.4 Å². The number of hydrogen-bond donors (Lipinski definition) is 3. The summed E-state index contributed by atoms with van der Waals surface area (Å²) < 4.78 is 0. The van der Waals surface area contributed by atoms with Crippen molar-refractivity contribution in [3.8, 4) is 0 Å². The van der Waals surface area contributed by atoms with E-state index in [1.165, 1.54) is 12.3 Å². The van der Waals surface area contributed by atoms with Crippen molar-refractivity contribution in [2.45, 2.75) is 6.92 Å². The molecule has 2 aromatic heterocycles. The van der Waals surface area contributed by atoms with Crippen LogP contribution in [-0.4, -0.2) is 25.8 Å². The summed E-state index contributed by atoms with van der Waals surface area (Å²) in [6.45, 7) is 1.77. The monoisotopic (exact) mass is 399 g/mol. The molecule has 0 aliphatic carbocycles. The van der Waals surface area contributed by atoms with Crippen LogP contribution in [0.1, 0.15) is 16.1 Å². The number of anilines is 3. The molecule has 28 heavy (non-hydrogen) atoms. The molecule has 0 fully saturated rings. The maximum absolute atomic E-state index is 12.1. The van der Waals surface area contributed by atoms with E-state index in [0.717, 1.165) is 6.33 Å². The minimum absolute atomic E-state index is 0.0556. The highest BCUT2D eigenvalue weighted by atomic mass is 35.5. The first-order valence-corrected chi connectivity index (χ1v) is 8.34. The van der Waals surface area contributed by atoms with Gasteiger partial charge in [-0.2, -0.15) is 0 Å². The Bertz CT molecular complexity index is 1030. The second-order valence-corrected chi connectivity index (χ2v) is 5.92. The highest BCUT2D eigenvalue weighted by molar-refractivity contribution is 6.31. The zero-order valence-corrected chi connectivity index (χ0v) is 15.3. The lowest BCUT2D eigenvalue weighted by Crippen LogP contribution is -2.31. The molecule has 0 radical (unpaired) electrons. The van der Waals surface area contributed by atoms with Crippen molar-refractivity contribution in [2.24, 2.45) is 0 Å². The topological polar surface area (TPSA) is 135 Å². The van der Waals surface area contributed by atoms with E-state index in [-0.39, 0.29) is 17.3 Å². The standard InChI is InChI=1S/C17H14ClN7O3/c1-10-11(18)5-4-7-12(10)22-15-14(25(27)28)16(21-9-20-15)23-24-17(26)13-6-2-3-8-19-13/h2-9H,1H3,(H,24,26)(H2,20,21,22,23). The van der Waals surface area contributed by atoms with Crippen LogP contribution < -0.4 is 16.2 Å². The molecule has 0 aliphatic heterocycles. The first kappa shape index (κ1) is 19.0. The fraction of sp³-hybridized carbons (Fsp3) is 0.0588. The molecule has 0 saturated carbocycles. The van der Waals surface area contributed by atoms with Crippen LogP contribution in [-0.2, 0) is 0 Å². The van der Waals surface area contributed by atoms with Crippen molar-refractivity contribution in [2.75, 3.05) is 10.7 Å². The van der Waals surface area contributed by atoms with Gasteiger partial charge in [0.25, 0.3) is 5.91 Å². The van der Waals surface area contributed by atoms with E-state index < -0.39 is 16.5 Å². The summed E-state index contributed by atoms with van der Waals surface area (Å²) in [6.07, 6.45) is 2.59. The zero-order valence-electron chi connectivity index (χ0n) is 14.5. The smallest absolute Gasteiger partial charge is 0.334 e. The van der Waals surface area contributed by atoms with Crippen molar-refractivity contribution >= 4 is 40.5 Å². The number of aromatic nitrogens is 3. The molecule has 2 heterocycles. The molecule has 0 saturated heterocycles. The van der Waals surface area contributed by atoms with E-state index in [1.807, 2.05) is 0 Å². The van der Waals surface area contributed by atoms with Crippen LogP contribution >= 0.6 is 11.6 Å². The fourth-order valence-corrected chi connectivity index (χ4v) is 2.46. The van der Waals surface area contributed by atoms with E-state index in [2.05, 4.69) is 31.1 Å². The van der Waals surface area contributed by atoms with Crippen LogP contribution in [0.15, 0.2) is 48.9 Å². The summed E-state index contributed by atoms with van der Waals surface area (Å²) in [4.78, 5) is 34.7. The molecule has 0 atom stereocenters. The molecule has 1 amide bonds. The summed E-state index contributed by atoms with van der Waals surface area (Å²) in [6, 6.07) is 9.93. The first-order chi connectivity index (χ1) is 13.5. The van der Waals surface area contributed by atoms with Gasteiger partial charge in [0.1, 0.15) is 12.0 Å². The lowest BCUT2D eigenvalue weighted by molar-refractivity contribution is -0.383. The second-order valence-electron chi connectivity index (χ2n) is 5.51. The van der Waals surface area contributed by atoms with Crippen molar-refractivity contribution in [3.63, 3.8) is 0 Å². The molecule has 11 heteroatoms. The number of nitrogens with zero attached hydrogens (tertiary/aromatic N) is 4. The number of pyridine rings is 1. The lowest BCUT2D eigenvalue weighted by atomic mass is 10.2. The van der Waals surface area contributed by atoms with Gasteiger partial charge in [0.05, 0.1) is 4.92 Å². The second kappa shape index (κ2) is 8.27. The molecule has 3 rings (SSSR count). The van der Waals surface area contributed by atoms with E-state index in [4.69, 9.17) is 11.6 Å². The third-order valence-electron chi connectivity index (χ3n) is 3.72. The van der Waals surface area contributed by atoms with E-state index >= 15 is 0 Å². The Labute approximate surface area is 164 Å². The van der Waals surface area contributed by atoms with Gasteiger partial charge in [0, 0.05) is 16.9 Å².